The number of fused-ring (bicyclic) bond motifs is 1. The third kappa shape index (κ3) is 1.32. The van der Waals surface area contributed by atoms with Crippen molar-refractivity contribution >= 4 is 33.3 Å². The van der Waals surface area contributed by atoms with E-state index in [-0.39, 0.29) is 0 Å². The number of anilines is 1. The number of carbonyl (C=O) groups excluding carboxylic acids is 2. The summed E-state index contributed by atoms with van der Waals surface area (Å²) in [7, 11) is 0. The van der Waals surface area contributed by atoms with Crippen LogP contribution in [0.25, 0.3) is 0 Å². The molecule has 0 atom stereocenters. The van der Waals surface area contributed by atoms with E-state index in [4.69, 9.17) is 0 Å². The molecule has 1 aliphatic rings. The molecule has 1 heterocycles. The van der Waals surface area contributed by atoms with Crippen LogP contribution in [-0.2, 0) is 4.79 Å². The van der Waals surface area contributed by atoms with Crippen LogP contribution in [-0.4, -0.2) is 18.2 Å². The van der Waals surface area contributed by atoms with Crippen molar-refractivity contribution in [2.75, 3.05) is 11.4 Å². The Hall–Kier alpha value is -1.16. The van der Waals surface area contributed by atoms with Gasteiger partial charge in [-0.05, 0) is 41.4 Å². The molecule has 78 valence electrons. The van der Waals surface area contributed by atoms with E-state index in [1.165, 1.54) is 4.90 Å². The summed E-state index contributed by atoms with van der Waals surface area (Å²) >= 11 is 3.36. The summed E-state index contributed by atoms with van der Waals surface area (Å²) in [4.78, 5) is 24.8. The van der Waals surface area contributed by atoms with Gasteiger partial charge in [-0.15, -0.1) is 0 Å². The van der Waals surface area contributed by atoms with Crippen molar-refractivity contribution in [3.05, 3.63) is 27.7 Å². The molecule has 1 amide bonds. The van der Waals surface area contributed by atoms with Gasteiger partial charge in [-0.25, -0.2) is 0 Å². The van der Waals surface area contributed by atoms with Crippen molar-refractivity contribution in [2.45, 2.75) is 13.8 Å². The number of likely N-dealkylation sites (N-methyl/N-ethyl adjacent to an activating group) is 1. The minimum Gasteiger partial charge on any atom is -0.305 e. The van der Waals surface area contributed by atoms with Gasteiger partial charge in [-0.2, -0.15) is 0 Å². The van der Waals surface area contributed by atoms with Gasteiger partial charge in [-0.1, -0.05) is 6.07 Å². The zero-order valence-corrected chi connectivity index (χ0v) is 10.1. The third-order valence-corrected chi connectivity index (χ3v) is 3.61. The molecule has 0 unspecified atom stereocenters. The lowest BCUT2D eigenvalue weighted by atomic mass is 10.1. The average Bonchev–Trinajstić information content (AvgIpc) is 2.46. The van der Waals surface area contributed by atoms with E-state index in [1.54, 1.807) is 0 Å². The van der Waals surface area contributed by atoms with Crippen LogP contribution >= 0.6 is 15.9 Å². The molecule has 4 heteroatoms. The lowest BCUT2D eigenvalue weighted by molar-refractivity contribution is -0.114. The van der Waals surface area contributed by atoms with E-state index in [0.29, 0.717) is 17.8 Å². The molecule has 15 heavy (non-hydrogen) atoms. The molecule has 1 aromatic carbocycles. The summed E-state index contributed by atoms with van der Waals surface area (Å²) in [6, 6.07) is 3.72. The first kappa shape index (κ1) is 10.4. The van der Waals surface area contributed by atoms with Crippen LogP contribution < -0.4 is 4.90 Å². The molecule has 0 aliphatic carbocycles. The van der Waals surface area contributed by atoms with Gasteiger partial charge in [0.1, 0.15) is 0 Å². The van der Waals surface area contributed by atoms with Crippen LogP contribution in [0.3, 0.4) is 0 Å². The number of ketones is 1. The van der Waals surface area contributed by atoms with Crippen molar-refractivity contribution in [3.8, 4) is 0 Å². The molecule has 2 rings (SSSR count). The van der Waals surface area contributed by atoms with Gasteiger partial charge in [0.05, 0.1) is 11.3 Å². The molecule has 3 nitrogen and oxygen atoms in total. The van der Waals surface area contributed by atoms with E-state index >= 15 is 0 Å². The Morgan fingerprint density at radius 1 is 1.33 bits per heavy atom. The molecule has 0 bridgehead atoms. The summed E-state index contributed by atoms with van der Waals surface area (Å²) in [6.07, 6.45) is 0. The number of carbonyl (C=O) groups is 2. The van der Waals surface area contributed by atoms with Crippen LogP contribution in [0.4, 0.5) is 5.69 Å². The van der Waals surface area contributed by atoms with Crippen LogP contribution in [0.5, 0.6) is 0 Å². The predicted molar refractivity (Wildman–Crippen MR) is 61.2 cm³/mol. The van der Waals surface area contributed by atoms with Gasteiger partial charge in [0.25, 0.3) is 11.7 Å². The second kappa shape index (κ2) is 3.45. The second-order valence-corrected chi connectivity index (χ2v) is 4.26. The lowest BCUT2D eigenvalue weighted by Crippen LogP contribution is -2.29. The molecule has 0 saturated carbocycles. The number of hydrogen-bond donors (Lipinski definition) is 0. The highest BCUT2D eigenvalue weighted by Crippen LogP contribution is 2.35. The smallest absolute Gasteiger partial charge is 0.299 e. The minimum atomic E-state index is -0.432. The number of Topliss-reactive ketones (excluding diaryl/α,β-unsaturated/α-hetero) is 1. The zero-order valence-electron chi connectivity index (χ0n) is 8.50. The van der Waals surface area contributed by atoms with Crippen LogP contribution in [0.2, 0.25) is 0 Å². The maximum atomic E-state index is 11.7. The Kier molecular flexibility index (Phi) is 2.38. The van der Waals surface area contributed by atoms with Gasteiger partial charge in [-0.3, -0.25) is 9.59 Å². The van der Waals surface area contributed by atoms with Gasteiger partial charge in [0.15, 0.2) is 0 Å². The van der Waals surface area contributed by atoms with Crippen molar-refractivity contribution in [3.63, 3.8) is 0 Å². The van der Waals surface area contributed by atoms with Gasteiger partial charge >= 0.3 is 0 Å². The number of amides is 1. The van der Waals surface area contributed by atoms with Crippen molar-refractivity contribution < 1.29 is 9.59 Å². The fraction of sp³-hybridized carbons (Fsp3) is 0.273. The van der Waals surface area contributed by atoms with Crippen molar-refractivity contribution in [2.24, 2.45) is 0 Å². The largest absolute Gasteiger partial charge is 0.305 e. The van der Waals surface area contributed by atoms with Gasteiger partial charge in [0.2, 0.25) is 0 Å². The Balaban J connectivity index is 2.71. The molecule has 1 aliphatic heterocycles. The number of rotatable bonds is 1. The van der Waals surface area contributed by atoms with Crippen molar-refractivity contribution in [1.82, 2.24) is 0 Å². The van der Waals surface area contributed by atoms with Gasteiger partial charge < -0.3 is 4.90 Å². The summed E-state index contributed by atoms with van der Waals surface area (Å²) in [5.41, 5.74) is 2.18. The molecule has 0 saturated heterocycles. The first-order valence-corrected chi connectivity index (χ1v) is 5.52. The van der Waals surface area contributed by atoms with Crippen LogP contribution in [0.15, 0.2) is 16.6 Å². The van der Waals surface area contributed by atoms with E-state index in [0.717, 1.165) is 10.0 Å². The normalized spacial score (nSPS) is 14.7. The lowest BCUT2D eigenvalue weighted by Gasteiger charge is -2.13. The minimum absolute atomic E-state index is 0.414. The molecule has 0 spiro atoms. The third-order valence-electron chi connectivity index (χ3n) is 2.59. The average molecular weight is 268 g/mol. The maximum absolute atomic E-state index is 11.7. The van der Waals surface area contributed by atoms with Crippen LogP contribution in [0.1, 0.15) is 22.8 Å². The monoisotopic (exact) mass is 267 g/mol. The molecule has 0 radical (unpaired) electrons. The maximum Gasteiger partial charge on any atom is 0.299 e. The number of benzene rings is 1. The summed E-state index contributed by atoms with van der Waals surface area (Å²) in [5.74, 6) is -0.846. The predicted octanol–water partition coefficient (Wildman–Crippen LogP) is 2.31. The fourth-order valence-corrected chi connectivity index (χ4v) is 2.28. The van der Waals surface area contributed by atoms with E-state index in [2.05, 4.69) is 15.9 Å². The molecular formula is C11H10BrNO2. The quantitative estimate of drug-likeness (QED) is 0.733. The number of nitrogens with zero attached hydrogens (tertiary/aromatic N) is 1. The molecule has 1 aromatic rings. The van der Waals surface area contributed by atoms with Crippen molar-refractivity contribution in [1.29, 1.82) is 0 Å². The van der Waals surface area contributed by atoms with E-state index < -0.39 is 11.7 Å². The van der Waals surface area contributed by atoms with E-state index in [9.17, 15) is 9.59 Å². The van der Waals surface area contributed by atoms with E-state index in [1.807, 2.05) is 26.0 Å². The fourth-order valence-electron chi connectivity index (χ4n) is 1.76. The Bertz CT molecular complexity index is 468. The molecule has 0 fully saturated rings. The first-order valence-electron chi connectivity index (χ1n) is 4.73. The Morgan fingerprint density at radius 2 is 2.00 bits per heavy atom. The first-order chi connectivity index (χ1) is 7.07. The molecular weight excluding hydrogens is 258 g/mol. The number of hydrogen-bond acceptors (Lipinski definition) is 2. The highest BCUT2D eigenvalue weighted by Gasteiger charge is 2.36. The summed E-state index contributed by atoms with van der Waals surface area (Å²) in [5, 5.41) is 0. The van der Waals surface area contributed by atoms with Gasteiger partial charge in [0, 0.05) is 11.0 Å². The zero-order chi connectivity index (χ0) is 11.2. The number of aryl methyl sites for hydroxylation is 1. The Morgan fingerprint density at radius 3 is 2.60 bits per heavy atom. The Labute approximate surface area is 96.2 Å². The summed E-state index contributed by atoms with van der Waals surface area (Å²) < 4.78 is 0.731. The SMILES string of the molecule is CCN1C(=O)C(=O)c2c1ccc(C)c2Br. The topological polar surface area (TPSA) is 37.4 Å². The molecule has 0 aromatic heterocycles. The number of halogens is 1. The van der Waals surface area contributed by atoms with Crippen LogP contribution in [0, 0.1) is 6.92 Å². The molecule has 0 N–H and O–H groups in total. The highest BCUT2D eigenvalue weighted by atomic mass is 79.9. The second-order valence-electron chi connectivity index (χ2n) is 3.47. The standard InChI is InChI=1S/C11H10BrNO2/c1-3-13-7-5-4-6(2)9(12)8(7)10(14)11(13)15/h4-5H,3H2,1-2H3. The summed E-state index contributed by atoms with van der Waals surface area (Å²) in [6.45, 7) is 4.28. The highest BCUT2D eigenvalue weighted by molar-refractivity contribution is 9.10.